The van der Waals surface area contributed by atoms with Crippen molar-refractivity contribution in [1.29, 1.82) is 0 Å². The quantitative estimate of drug-likeness (QED) is 0.605. The smallest absolute Gasteiger partial charge is 0.347 e. The van der Waals surface area contributed by atoms with Crippen molar-refractivity contribution >= 4 is 5.97 Å². The lowest BCUT2D eigenvalue weighted by atomic mass is 10.2. The van der Waals surface area contributed by atoms with Gasteiger partial charge in [-0.25, -0.2) is 9.18 Å². The molecule has 1 aromatic carbocycles. The number of carbonyl (C=O) groups excluding carboxylic acids is 1. The molecule has 0 bridgehead atoms. The first kappa shape index (κ1) is 12.3. The Bertz CT molecular complexity index is 605. The van der Waals surface area contributed by atoms with Gasteiger partial charge in [0.1, 0.15) is 17.1 Å². The average Bonchev–Trinajstić information content (AvgIpc) is 2.63. The molecule has 0 amide bonds. The summed E-state index contributed by atoms with van der Waals surface area (Å²) in [5.41, 5.74) is 1.43. The van der Waals surface area contributed by atoms with Gasteiger partial charge in [0.05, 0.1) is 5.69 Å². The van der Waals surface area contributed by atoms with Crippen molar-refractivity contribution in [1.82, 2.24) is 9.78 Å². The summed E-state index contributed by atoms with van der Waals surface area (Å²) >= 11 is 0. The highest BCUT2D eigenvalue weighted by molar-refractivity contribution is 5.91. The Morgan fingerprint density at radius 2 is 2.11 bits per heavy atom. The van der Waals surface area contributed by atoms with Crippen LogP contribution in [0, 0.1) is 19.7 Å². The largest absolute Gasteiger partial charge is 0.423 e. The fraction of sp³-hybridized carbons (Fsp3) is 0.231. The molecule has 4 nitrogen and oxygen atoms in total. The molecule has 2 aromatic rings. The van der Waals surface area contributed by atoms with Crippen LogP contribution in [0.2, 0.25) is 0 Å². The highest BCUT2D eigenvalue weighted by atomic mass is 19.1. The lowest BCUT2D eigenvalue weighted by molar-refractivity contribution is 0.0733. The first-order valence-electron chi connectivity index (χ1n) is 5.46. The summed E-state index contributed by atoms with van der Waals surface area (Å²) in [4.78, 5) is 11.9. The Morgan fingerprint density at radius 1 is 1.39 bits per heavy atom. The van der Waals surface area contributed by atoms with Crippen LogP contribution in [0.3, 0.4) is 0 Å². The fourth-order valence-electron chi connectivity index (χ4n) is 1.64. The first-order chi connectivity index (χ1) is 8.47. The molecule has 94 valence electrons. The number of nitrogens with zero attached hydrogens (tertiary/aromatic N) is 2. The standard InChI is InChI=1S/C13H13FN2O2/c1-8-6-10(4-5-12(8)14)18-13(17)11-7-16(3)15-9(11)2/h4-7H,1-3H3. The van der Waals surface area contributed by atoms with E-state index in [1.165, 1.54) is 18.2 Å². The SMILES string of the molecule is Cc1cc(OC(=O)c2cn(C)nc2C)ccc1F. The number of benzene rings is 1. The minimum atomic E-state index is -0.494. The number of hydrogen-bond donors (Lipinski definition) is 0. The van der Waals surface area contributed by atoms with E-state index in [-0.39, 0.29) is 5.82 Å². The number of halogens is 1. The molecule has 0 N–H and O–H groups in total. The second kappa shape index (κ2) is 4.60. The van der Waals surface area contributed by atoms with Crippen LogP contribution >= 0.6 is 0 Å². The molecular formula is C13H13FN2O2. The molecule has 1 heterocycles. The van der Waals surface area contributed by atoms with E-state index in [0.717, 1.165) is 0 Å². The average molecular weight is 248 g/mol. The molecule has 0 saturated carbocycles. The van der Waals surface area contributed by atoms with Gasteiger partial charge in [-0.3, -0.25) is 4.68 Å². The number of carbonyl (C=O) groups is 1. The van der Waals surface area contributed by atoms with E-state index in [1.54, 1.807) is 31.8 Å². The van der Waals surface area contributed by atoms with Crippen LogP contribution in [-0.4, -0.2) is 15.7 Å². The van der Waals surface area contributed by atoms with Gasteiger partial charge in [-0.2, -0.15) is 5.10 Å². The Hall–Kier alpha value is -2.17. The maximum atomic E-state index is 13.1. The maximum Gasteiger partial charge on any atom is 0.347 e. The van der Waals surface area contributed by atoms with Crippen molar-refractivity contribution in [3.63, 3.8) is 0 Å². The van der Waals surface area contributed by atoms with Gasteiger partial charge < -0.3 is 4.74 Å². The van der Waals surface area contributed by atoms with Gasteiger partial charge >= 0.3 is 5.97 Å². The van der Waals surface area contributed by atoms with Gasteiger partial charge in [0, 0.05) is 13.2 Å². The van der Waals surface area contributed by atoms with E-state index >= 15 is 0 Å². The van der Waals surface area contributed by atoms with E-state index in [9.17, 15) is 9.18 Å². The lowest BCUT2D eigenvalue weighted by Gasteiger charge is -2.04. The van der Waals surface area contributed by atoms with E-state index in [2.05, 4.69) is 5.10 Å². The second-order valence-corrected chi connectivity index (χ2v) is 4.10. The van der Waals surface area contributed by atoms with Crippen LogP contribution < -0.4 is 4.74 Å². The fourth-order valence-corrected chi connectivity index (χ4v) is 1.64. The minimum absolute atomic E-state index is 0.321. The third-order valence-corrected chi connectivity index (χ3v) is 2.57. The molecule has 0 aliphatic carbocycles. The van der Waals surface area contributed by atoms with Crippen LogP contribution in [0.25, 0.3) is 0 Å². The van der Waals surface area contributed by atoms with Crippen molar-refractivity contribution < 1.29 is 13.9 Å². The Balaban J connectivity index is 2.21. The highest BCUT2D eigenvalue weighted by Gasteiger charge is 2.15. The van der Waals surface area contributed by atoms with E-state index in [4.69, 9.17) is 4.74 Å². The van der Waals surface area contributed by atoms with E-state index in [1.807, 2.05) is 0 Å². The normalized spacial score (nSPS) is 10.4. The summed E-state index contributed by atoms with van der Waals surface area (Å²) in [6, 6.07) is 4.18. The second-order valence-electron chi connectivity index (χ2n) is 4.10. The van der Waals surface area contributed by atoms with Gasteiger partial charge in [0.2, 0.25) is 0 Å². The highest BCUT2D eigenvalue weighted by Crippen LogP contribution is 2.18. The molecule has 2 rings (SSSR count). The predicted octanol–water partition coefficient (Wildman–Crippen LogP) is 2.40. The summed E-state index contributed by atoms with van der Waals surface area (Å²) in [5, 5.41) is 4.06. The molecule has 0 aliphatic heterocycles. The van der Waals surface area contributed by atoms with Gasteiger partial charge in [0.15, 0.2) is 0 Å². The molecule has 0 aliphatic rings. The molecule has 18 heavy (non-hydrogen) atoms. The summed E-state index contributed by atoms with van der Waals surface area (Å²) in [6.45, 7) is 3.34. The van der Waals surface area contributed by atoms with Crippen LogP contribution in [0.15, 0.2) is 24.4 Å². The van der Waals surface area contributed by atoms with Crippen LogP contribution in [0.1, 0.15) is 21.6 Å². The number of ether oxygens (including phenoxy) is 1. The summed E-state index contributed by atoms with van der Waals surface area (Å²) in [5.74, 6) is -0.499. The molecule has 0 spiro atoms. The number of aryl methyl sites for hydroxylation is 3. The van der Waals surface area contributed by atoms with Crippen LogP contribution in [0.5, 0.6) is 5.75 Å². The van der Waals surface area contributed by atoms with Crippen molar-refractivity contribution in [2.75, 3.05) is 0 Å². The zero-order chi connectivity index (χ0) is 13.3. The molecule has 0 radical (unpaired) electrons. The summed E-state index contributed by atoms with van der Waals surface area (Å²) in [6.07, 6.45) is 1.59. The van der Waals surface area contributed by atoms with Crippen molar-refractivity contribution in [2.45, 2.75) is 13.8 Å². The van der Waals surface area contributed by atoms with Gasteiger partial charge in [-0.1, -0.05) is 0 Å². The number of hydrogen-bond acceptors (Lipinski definition) is 3. The predicted molar refractivity (Wildman–Crippen MR) is 64.0 cm³/mol. The monoisotopic (exact) mass is 248 g/mol. The van der Waals surface area contributed by atoms with Gasteiger partial charge in [-0.15, -0.1) is 0 Å². The van der Waals surface area contributed by atoms with Crippen molar-refractivity contribution in [3.05, 3.63) is 47.0 Å². The van der Waals surface area contributed by atoms with E-state index < -0.39 is 5.97 Å². The molecular weight excluding hydrogens is 235 g/mol. The third kappa shape index (κ3) is 2.40. The van der Waals surface area contributed by atoms with Crippen LogP contribution in [0.4, 0.5) is 4.39 Å². The van der Waals surface area contributed by atoms with Crippen LogP contribution in [-0.2, 0) is 7.05 Å². The van der Waals surface area contributed by atoms with Gasteiger partial charge in [-0.05, 0) is 37.6 Å². The minimum Gasteiger partial charge on any atom is -0.423 e. The zero-order valence-electron chi connectivity index (χ0n) is 10.4. The molecule has 0 atom stereocenters. The summed E-state index contributed by atoms with van der Waals surface area (Å²) < 4.78 is 19.8. The Kier molecular flexibility index (Phi) is 3.14. The van der Waals surface area contributed by atoms with Crippen molar-refractivity contribution in [2.24, 2.45) is 7.05 Å². The summed E-state index contributed by atoms with van der Waals surface area (Å²) in [7, 11) is 1.73. The first-order valence-corrected chi connectivity index (χ1v) is 5.46. The topological polar surface area (TPSA) is 44.1 Å². The zero-order valence-corrected chi connectivity index (χ0v) is 10.4. The van der Waals surface area contributed by atoms with Gasteiger partial charge in [0.25, 0.3) is 0 Å². The number of rotatable bonds is 2. The Morgan fingerprint density at radius 3 is 2.67 bits per heavy atom. The molecule has 1 aromatic heterocycles. The van der Waals surface area contributed by atoms with E-state index in [0.29, 0.717) is 22.6 Å². The number of aromatic nitrogens is 2. The molecule has 5 heteroatoms. The molecule has 0 unspecified atom stereocenters. The maximum absolute atomic E-state index is 13.1. The molecule has 0 saturated heterocycles. The third-order valence-electron chi connectivity index (χ3n) is 2.57. The number of esters is 1. The Labute approximate surface area is 104 Å². The lowest BCUT2D eigenvalue weighted by Crippen LogP contribution is -2.09. The van der Waals surface area contributed by atoms with Crippen molar-refractivity contribution in [3.8, 4) is 5.75 Å². The molecule has 0 fully saturated rings.